The van der Waals surface area contributed by atoms with Crippen LogP contribution in [-0.4, -0.2) is 15.0 Å². The minimum Gasteiger partial charge on any atom is -0.433 e. The Kier molecular flexibility index (Phi) is 5.82. The maximum Gasteiger partial charge on any atom is 0.387 e. The van der Waals surface area contributed by atoms with E-state index < -0.39 is 16.6 Å². The Balaban J connectivity index is 2.46. The van der Waals surface area contributed by atoms with Gasteiger partial charge >= 0.3 is 6.61 Å². The Morgan fingerprint density at radius 3 is 1.92 bits per heavy atom. The monoisotopic (exact) mass is 403 g/mol. The summed E-state index contributed by atoms with van der Waals surface area (Å²) >= 11 is 5.89. The van der Waals surface area contributed by atoms with Gasteiger partial charge in [0.25, 0.3) is 10.0 Å². The van der Waals surface area contributed by atoms with E-state index in [0.717, 1.165) is 16.7 Å². The van der Waals surface area contributed by atoms with Gasteiger partial charge in [-0.3, -0.25) is 4.72 Å². The Morgan fingerprint density at radius 1 is 0.962 bits per heavy atom. The lowest BCUT2D eigenvalue weighted by molar-refractivity contribution is -0.0497. The van der Waals surface area contributed by atoms with Gasteiger partial charge < -0.3 is 4.74 Å². The summed E-state index contributed by atoms with van der Waals surface area (Å²) in [6, 6.07) is 3.74. The van der Waals surface area contributed by atoms with E-state index in [0.29, 0.717) is 11.1 Å². The largest absolute Gasteiger partial charge is 0.433 e. The van der Waals surface area contributed by atoms with Crippen LogP contribution < -0.4 is 9.46 Å². The standard InChI is InChI=1S/C18H20ClF2NO3S/c1-9-10(2)12(4)17(13(5)11(9)3)26(23,24)22-14-6-7-16(15(19)8-14)25-18(20)21/h6-8,18,22H,1-5H3. The lowest BCUT2D eigenvalue weighted by atomic mass is 9.95. The molecule has 4 nitrogen and oxygen atoms in total. The zero-order valence-corrected chi connectivity index (χ0v) is 16.6. The van der Waals surface area contributed by atoms with E-state index in [1.165, 1.54) is 18.2 Å². The molecule has 0 saturated carbocycles. The zero-order valence-electron chi connectivity index (χ0n) is 15.1. The summed E-state index contributed by atoms with van der Waals surface area (Å²) in [4.78, 5) is 0.210. The highest BCUT2D eigenvalue weighted by molar-refractivity contribution is 7.92. The summed E-state index contributed by atoms with van der Waals surface area (Å²) in [7, 11) is -3.89. The fourth-order valence-electron chi connectivity index (χ4n) is 2.83. The van der Waals surface area contributed by atoms with Crippen molar-refractivity contribution in [3.8, 4) is 5.75 Å². The average molecular weight is 404 g/mol. The predicted molar refractivity (Wildman–Crippen MR) is 99.0 cm³/mol. The van der Waals surface area contributed by atoms with Crippen LogP contribution in [0, 0.1) is 34.6 Å². The van der Waals surface area contributed by atoms with Crippen LogP contribution in [0.4, 0.5) is 14.5 Å². The number of anilines is 1. The lowest BCUT2D eigenvalue weighted by Gasteiger charge is -2.19. The molecule has 0 aliphatic carbocycles. The topological polar surface area (TPSA) is 55.4 Å². The molecule has 0 fully saturated rings. The number of ether oxygens (including phenoxy) is 1. The molecule has 2 rings (SSSR count). The van der Waals surface area contributed by atoms with Crippen LogP contribution in [0.25, 0.3) is 0 Å². The van der Waals surface area contributed by atoms with Crippen LogP contribution in [0.5, 0.6) is 5.75 Å². The van der Waals surface area contributed by atoms with Gasteiger partial charge in [-0.25, -0.2) is 8.42 Å². The molecule has 26 heavy (non-hydrogen) atoms. The molecule has 0 amide bonds. The first-order valence-corrected chi connectivity index (χ1v) is 9.66. The summed E-state index contributed by atoms with van der Waals surface area (Å²) in [5, 5.41) is -0.116. The molecule has 0 spiro atoms. The van der Waals surface area contributed by atoms with Crippen LogP contribution >= 0.6 is 11.6 Å². The lowest BCUT2D eigenvalue weighted by Crippen LogP contribution is -2.17. The van der Waals surface area contributed by atoms with Gasteiger partial charge in [0.2, 0.25) is 0 Å². The molecule has 0 heterocycles. The average Bonchev–Trinajstić information content (AvgIpc) is 2.53. The fourth-order valence-corrected chi connectivity index (χ4v) is 4.71. The highest BCUT2D eigenvalue weighted by Crippen LogP contribution is 2.33. The second-order valence-electron chi connectivity index (χ2n) is 6.08. The van der Waals surface area contributed by atoms with Gasteiger partial charge in [-0.05, 0) is 80.6 Å². The third-order valence-corrected chi connectivity index (χ3v) is 6.55. The van der Waals surface area contributed by atoms with Gasteiger partial charge in [0.05, 0.1) is 15.6 Å². The van der Waals surface area contributed by atoms with Gasteiger partial charge in [-0.15, -0.1) is 0 Å². The predicted octanol–water partition coefficient (Wildman–Crippen LogP) is 5.28. The number of sulfonamides is 1. The van der Waals surface area contributed by atoms with Crippen molar-refractivity contribution in [3.05, 3.63) is 51.0 Å². The van der Waals surface area contributed by atoms with E-state index in [2.05, 4.69) is 9.46 Å². The smallest absolute Gasteiger partial charge is 0.387 e. The Bertz CT molecular complexity index is 930. The highest BCUT2D eigenvalue weighted by Gasteiger charge is 2.24. The molecule has 142 valence electrons. The van der Waals surface area contributed by atoms with E-state index in [4.69, 9.17) is 11.6 Å². The number of benzene rings is 2. The van der Waals surface area contributed by atoms with Crippen molar-refractivity contribution < 1.29 is 21.9 Å². The highest BCUT2D eigenvalue weighted by atomic mass is 35.5. The number of nitrogens with one attached hydrogen (secondary N) is 1. The Labute approximate surface area is 157 Å². The molecule has 2 aromatic carbocycles. The van der Waals surface area contributed by atoms with Crippen LogP contribution in [0.3, 0.4) is 0 Å². The van der Waals surface area contributed by atoms with E-state index in [1.54, 1.807) is 13.8 Å². The molecule has 0 radical (unpaired) electrons. The van der Waals surface area contributed by atoms with Crippen molar-refractivity contribution in [2.45, 2.75) is 46.1 Å². The molecular weight excluding hydrogens is 384 g/mol. The van der Waals surface area contributed by atoms with E-state index in [-0.39, 0.29) is 21.4 Å². The minimum atomic E-state index is -3.89. The van der Waals surface area contributed by atoms with Crippen molar-refractivity contribution in [1.82, 2.24) is 0 Å². The normalized spacial score (nSPS) is 11.7. The molecule has 0 aliphatic rings. The third-order valence-electron chi connectivity index (χ3n) is 4.60. The summed E-state index contributed by atoms with van der Waals surface area (Å²) < 4.78 is 57.2. The maximum atomic E-state index is 12.9. The first-order chi connectivity index (χ1) is 12.0. The summed E-state index contributed by atoms with van der Waals surface area (Å²) in [6.45, 7) is 6.22. The second-order valence-corrected chi connectivity index (χ2v) is 8.11. The van der Waals surface area contributed by atoms with Crippen LogP contribution in [0.2, 0.25) is 5.02 Å². The second kappa shape index (κ2) is 7.40. The molecule has 0 aromatic heterocycles. The van der Waals surface area contributed by atoms with Gasteiger partial charge in [-0.2, -0.15) is 8.78 Å². The zero-order chi connectivity index (χ0) is 19.8. The van der Waals surface area contributed by atoms with Crippen molar-refractivity contribution >= 4 is 27.3 Å². The van der Waals surface area contributed by atoms with Gasteiger partial charge in [0, 0.05) is 0 Å². The summed E-state index contributed by atoms with van der Waals surface area (Å²) in [6.07, 6.45) is 0. The minimum absolute atomic E-state index is 0.116. The molecule has 0 aliphatic heterocycles. The molecule has 0 unspecified atom stereocenters. The Morgan fingerprint density at radius 2 is 1.46 bits per heavy atom. The van der Waals surface area contributed by atoms with Gasteiger partial charge in [0.15, 0.2) is 0 Å². The third kappa shape index (κ3) is 3.94. The van der Waals surface area contributed by atoms with Crippen molar-refractivity contribution in [1.29, 1.82) is 0 Å². The summed E-state index contributed by atoms with van der Waals surface area (Å²) in [5.74, 6) is -0.223. The first-order valence-electron chi connectivity index (χ1n) is 7.79. The summed E-state index contributed by atoms with van der Waals surface area (Å²) in [5.41, 5.74) is 4.37. The van der Waals surface area contributed by atoms with Crippen LogP contribution in [0.15, 0.2) is 23.1 Å². The van der Waals surface area contributed by atoms with E-state index in [9.17, 15) is 17.2 Å². The van der Waals surface area contributed by atoms with Crippen molar-refractivity contribution in [3.63, 3.8) is 0 Å². The molecule has 0 saturated heterocycles. The molecular formula is C18H20ClF2NO3S. The number of hydrogen-bond acceptors (Lipinski definition) is 3. The number of halogens is 3. The van der Waals surface area contributed by atoms with E-state index in [1.807, 2.05) is 20.8 Å². The Hall–Kier alpha value is -1.86. The van der Waals surface area contributed by atoms with Crippen molar-refractivity contribution in [2.24, 2.45) is 0 Å². The molecule has 0 bridgehead atoms. The van der Waals surface area contributed by atoms with Gasteiger partial charge in [0.1, 0.15) is 5.75 Å². The fraction of sp³-hybridized carbons (Fsp3) is 0.333. The number of hydrogen-bond donors (Lipinski definition) is 1. The number of rotatable bonds is 5. The molecule has 0 atom stereocenters. The van der Waals surface area contributed by atoms with Crippen LogP contribution in [0.1, 0.15) is 27.8 Å². The van der Waals surface area contributed by atoms with Crippen molar-refractivity contribution in [2.75, 3.05) is 4.72 Å². The van der Waals surface area contributed by atoms with E-state index >= 15 is 0 Å². The molecule has 2 aromatic rings. The first kappa shape index (κ1) is 20.5. The molecule has 1 N–H and O–H groups in total. The SMILES string of the molecule is Cc1c(C)c(C)c(S(=O)(=O)Nc2ccc(OC(F)F)c(Cl)c2)c(C)c1C. The number of alkyl halides is 2. The maximum absolute atomic E-state index is 12.9. The van der Waals surface area contributed by atoms with Crippen LogP contribution in [-0.2, 0) is 10.0 Å². The molecule has 8 heteroatoms. The quantitative estimate of drug-likeness (QED) is 0.738. The van der Waals surface area contributed by atoms with Gasteiger partial charge in [-0.1, -0.05) is 11.6 Å².